The van der Waals surface area contributed by atoms with E-state index >= 15 is 0 Å². The number of nitrogens with one attached hydrogen (secondary N) is 2. The zero-order chi connectivity index (χ0) is 24.0. The van der Waals surface area contributed by atoms with Gasteiger partial charge in [0, 0.05) is 11.9 Å². The summed E-state index contributed by atoms with van der Waals surface area (Å²) in [7, 11) is -3.80. The van der Waals surface area contributed by atoms with E-state index in [1.165, 1.54) is 42.2 Å². The van der Waals surface area contributed by atoms with Crippen LogP contribution in [0.15, 0.2) is 89.0 Å². The Morgan fingerprint density at radius 2 is 1.76 bits per heavy atom. The number of carbonyl (C=O) groups excluding carboxylic acids is 1. The van der Waals surface area contributed by atoms with Gasteiger partial charge in [-0.15, -0.1) is 5.10 Å². The normalized spacial score (nSPS) is 12.1. The minimum absolute atomic E-state index is 0.0552. The van der Waals surface area contributed by atoms with Gasteiger partial charge in [0.15, 0.2) is 0 Å². The fourth-order valence-electron chi connectivity index (χ4n) is 2.99. The number of para-hydroxylation sites is 1. The number of carbonyl (C=O) groups is 1. The number of thioether (sulfide) groups is 1. The Labute approximate surface area is 200 Å². The number of benzene rings is 2. The van der Waals surface area contributed by atoms with Crippen LogP contribution in [0, 0.1) is 0 Å². The van der Waals surface area contributed by atoms with Gasteiger partial charge in [0.1, 0.15) is 5.82 Å². The topological polar surface area (TPSA) is 132 Å². The van der Waals surface area contributed by atoms with Crippen molar-refractivity contribution in [3.63, 3.8) is 0 Å². The lowest BCUT2D eigenvalue weighted by Crippen LogP contribution is -2.25. The Morgan fingerprint density at radius 1 is 1.03 bits per heavy atom. The summed E-state index contributed by atoms with van der Waals surface area (Å²) < 4.78 is 29.1. The van der Waals surface area contributed by atoms with E-state index in [0.717, 1.165) is 5.69 Å². The molecule has 0 fully saturated rings. The zero-order valence-corrected chi connectivity index (χ0v) is 19.7. The third-order valence-electron chi connectivity index (χ3n) is 4.69. The lowest BCUT2D eigenvalue weighted by Gasteiger charge is -2.14. The van der Waals surface area contributed by atoms with Gasteiger partial charge < -0.3 is 5.32 Å². The van der Waals surface area contributed by atoms with Crippen molar-refractivity contribution in [2.45, 2.75) is 28.6 Å². The average molecular weight is 496 g/mol. The molecule has 4 rings (SSSR count). The summed E-state index contributed by atoms with van der Waals surface area (Å²) in [6.07, 6.45) is 2.04. The van der Waals surface area contributed by atoms with Crippen molar-refractivity contribution >= 4 is 39.2 Å². The van der Waals surface area contributed by atoms with Gasteiger partial charge in [-0.3, -0.25) is 9.52 Å². The first-order valence-corrected chi connectivity index (χ1v) is 12.7. The largest absolute Gasteiger partial charge is 0.325 e. The number of amides is 1. The van der Waals surface area contributed by atoms with Crippen LogP contribution in [0.3, 0.4) is 0 Å². The van der Waals surface area contributed by atoms with Crippen molar-refractivity contribution in [1.82, 2.24) is 25.2 Å². The Morgan fingerprint density at radius 3 is 2.44 bits per heavy atom. The van der Waals surface area contributed by atoms with Crippen LogP contribution >= 0.6 is 11.8 Å². The highest BCUT2D eigenvalue weighted by Crippen LogP contribution is 2.26. The number of anilines is 2. The number of tetrazole rings is 1. The molecule has 0 saturated carbocycles. The van der Waals surface area contributed by atoms with Gasteiger partial charge in [0.2, 0.25) is 11.1 Å². The van der Waals surface area contributed by atoms with E-state index < -0.39 is 15.3 Å². The number of hydrogen-bond acceptors (Lipinski definition) is 8. The van der Waals surface area contributed by atoms with E-state index in [4.69, 9.17) is 0 Å². The quantitative estimate of drug-likeness (QED) is 0.338. The monoisotopic (exact) mass is 495 g/mol. The summed E-state index contributed by atoms with van der Waals surface area (Å²) in [6, 6.07) is 20.3. The van der Waals surface area contributed by atoms with Gasteiger partial charge in [0.05, 0.1) is 15.8 Å². The Kier molecular flexibility index (Phi) is 7.18. The number of sulfonamides is 1. The van der Waals surface area contributed by atoms with Crippen molar-refractivity contribution in [3.05, 3.63) is 79.0 Å². The molecule has 0 aliphatic rings. The molecule has 10 nitrogen and oxygen atoms in total. The molecule has 0 saturated heterocycles. The van der Waals surface area contributed by atoms with Gasteiger partial charge in [-0.25, -0.2) is 13.4 Å². The van der Waals surface area contributed by atoms with Crippen LogP contribution in [0.25, 0.3) is 5.69 Å². The number of pyridine rings is 1. The number of rotatable bonds is 9. The van der Waals surface area contributed by atoms with Crippen molar-refractivity contribution in [2.24, 2.45) is 0 Å². The molecule has 2 aromatic carbocycles. The van der Waals surface area contributed by atoms with Gasteiger partial charge in [-0.2, -0.15) is 4.68 Å². The van der Waals surface area contributed by atoms with Crippen LogP contribution in [0.1, 0.15) is 13.3 Å². The third kappa shape index (κ3) is 5.58. The molecule has 2 N–H and O–H groups in total. The smallest absolute Gasteiger partial charge is 0.263 e. The van der Waals surface area contributed by atoms with Gasteiger partial charge in [0.25, 0.3) is 10.0 Å². The molecule has 2 aromatic heterocycles. The molecule has 34 heavy (non-hydrogen) atoms. The first-order chi connectivity index (χ1) is 16.5. The minimum Gasteiger partial charge on any atom is -0.325 e. The summed E-state index contributed by atoms with van der Waals surface area (Å²) >= 11 is 1.25. The highest BCUT2D eigenvalue weighted by Gasteiger charge is 2.22. The molecule has 1 amide bonds. The van der Waals surface area contributed by atoms with Crippen LogP contribution in [0.2, 0.25) is 0 Å². The summed E-state index contributed by atoms with van der Waals surface area (Å²) in [5.74, 6) is -0.0159. The lowest BCUT2D eigenvalue weighted by molar-refractivity contribution is -0.115. The summed E-state index contributed by atoms with van der Waals surface area (Å²) in [5, 5.41) is 14.7. The second kappa shape index (κ2) is 10.4. The van der Waals surface area contributed by atoms with Crippen LogP contribution in [-0.2, 0) is 14.8 Å². The zero-order valence-electron chi connectivity index (χ0n) is 18.1. The molecule has 4 aromatic rings. The fraction of sp³-hybridized carbons (Fsp3) is 0.136. The maximum absolute atomic E-state index is 12.9. The molecule has 1 atom stereocenters. The maximum atomic E-state index is 12.9. The number of nitrogens with zero attached hydrogens (tertiary/aromatic N) is 5. The molecule has 0 spiro atoms. The Balaban J connectivity index is 1.43. The second-order valence-electron chi connectivity index (χ2n) is 7.06. The van der Waals surface area contributed by atoms with Gasteiger partial charge in [-0.1, -0.05) is 43.0 Å². The molecule has 12 heteroatoms. The van der Waals surface area contributed by atoms with Crippen molar-refractivity contribution in [3.8, 4) is 5.69 Å². The van der Waals surface area contributed by atoms with Crippen LogP contribution < -0.4 is 10.0 Å². The van der Waals surface area contributed by atoms with E-state index in [9.17, 15) is 13.2 Å². The fourth-order valence-corrected chi connectivity index (χ4v) is 4.91. The van der Waals surface area contributed by atoms with Gasteiger partial charge in [-0.05, 0) is 65.4 Å². The van der Waals surface area contributed by atoms with Crippen molar-refractivity contribution < 1.29 is 13.2 Å². The maximum Gasteiger partial charge on any atom is 0.263 e. The van der Waals surface area contributed by atoms with Crippen LogP contribution in [0.4, 0.5) is 11.5 Å². The summed E-state index contributed by atoms with van der Waals surface area (Å²) in [5.41, 5.74) is 1.27. The molecular formula is C22H21N7O3S2. The van der Waals surface area contributed by atoms with E-state index in [-0.39, 0.29) is 16.6 Å². The van der Waals surface area contributed by atoms with E-state index in [1.54, 1.807) is 22.9 Å². The summed E-state index contributed by atoms with van der Waals surface area (Å²) in [6.45, 7) is 1.90. The van der Waals surface area contributed by atoms with Crippen LogP contribution in [-0.4, -0.2) is 44.8 Å². The van der Waals surface area contributed by atoms with E-state index in [1.807, 2.05) is 37.3 Å². The first-order valence-electron chi connectivity index (χ1n) is 10.3. The molecular weight excluding hydrogens is 474 g/mol. The van der Waals surface area contributed by atoms with Gasteiger partial charge >= 0.3 is 0 Å². The predicted molar refractivity (Wildman–Crippen MR) is 129 cm³/mol. The van der Waals surface area contributed by atoms with Crippen LogP contribution in [0.5, 0.6) is 0 Å². The molecule has 1 unspecified atom stereocenters. The van der Waals surface area contributed by atoms with E-state index in [0.29, 0.717) is 17.3 Å². The lowest BCUT2D eigenvalue weighted by atomic mass is 10.3. The second-order valence-corrected chi connectivity index (χ2v) is 9.91. The van der Waals surface area contributed by atoms with Crippen molar-refractivity contribution in [2.75, 3.05) is 10.0 Å². The SMILES string of the molecule is CCC(Sc1nnnn1-c1ccccc1)C(=O)Nc1ccc(S(=O)(=O)Nc2ccccn2)cc1. The average Bonchev–Trinajstić information content (AvgIpc) is 3.32. The summed E-state index contributed by atoms with van der Waals surface area (Å²) in [4.78, 5) is 16.9. The molecule has 0 bridgehead atoms. The third-order valence-corrected chi connectivity index (χ3v) is 7.36. The molecule has 0 aliphatic heterocycles. The van der Waals surface area contributed by atoms with Crippen molar-refractivity contribution in [1.29, 1.82) is 0 Å². The first kappa shape index (κ1) is 23.4. The van der Waals surface area contributed by atoms with E-state index in [2.05, 4.69) is 30.5 Å². The standard InChI is InChI=1S/C22H21N7O3S2/c1-2-19(33-22-25-27-28-29(22)17-8-4-3-5-9-17)21(30)24-16-11-13-18(14-12-16)34(31,32)26-20-10-6-7-15-23-20/h3-15,19H,2H2,1H3,(H,23,26)(H,24,30). The Bertz CT molecular complexity index is 1350. The molecule has 174 valence electrons. The molecule has 0 aliphatic carbocycles. The predicted octanol–water partition coefficient (Wildman–Crippen LogP) is 3.37. The molecule has 2 heterocycles. The minimum atomic E-state index is -3.80. The highest BCUT2D eigenvalue weighted by atomic mass is 32.2. The number of aromatic nitrogens is 5. The molecule has 0 radical (unpaired) electrons. The number of hydrogen-bond donors (Lipinski definition) is 2. The Hall–Kier alpha value is -3.77. The highest BCUT2D eigenvalue weighted by molar-refractivity contribution is 8.00.